The summed E-state index contributed by atoms with van der Waals surface area (Å²) in [7, 11) is 0. The molecule has 0 fully saturated rings. The molecule has 3 heteroatoms. The molecule has 0 spiro atoms. The third kappa shape index (κ3) is 3.92. The SMILES string of the molecule is CC1(C)c2ccccc2-c2cc(N(c3ccc4c(c3)oc3ccccc34)c3ccccc3-c3cccc4sc5ccccc5c34)ccc21. The largest absolute Gasteiger partial charge is 0.456 e. The van der Waals surface area contributed by atoms with E-state index in [1.54, 1.807) is 0 Å². The molecule has 0 atom stereocenters. The highest BCUT2D eigenvalue weighted by Gasteiger charge is 2.35. The van der Waals surface area contributed by atoms with Crippen molar-refractivity contribution in [3.05, 3.63) is 163 Å². The number of benzene rings is 7. The smallest absolute Gasteiger partial charge is 0.137 e. The van der Waals surface area contributed by atoms with Gasteiger partial charge in [-0.1, -0.05) is 111 Å². The van der Waals surface area contributed by atoms with Gasteiger partial charge in [0, 0.05) is 59.4 Å². The topological polar surface area (TPSA) is 16.4 Å². The Hall–Kier alpha value is -5.64. The predicted molar refractivity (Wildman–Crippen MR) is 204 cm³/mol. The zero-order chi connectivity index (χ0) is 32.0. The van der Waals surface area contributed by atoms with Crippen molar-refractivity contribution in [1.82, 2.24) is 0 Å². The van der Waals surface area contributed by atoms with E-state index in [1.807, 2.05) is 23.5 Å². The van der Waals surface area contributed by atoms with Crippen molar-refractivity contribution in [2.24, 2.45) is 0 Å². The number of anilines is 3. The van der Waals surface area contributed by atoms with Crippen molar-refractivity contribution < 1.29 is 4.42 Å². The molecular weight excluding hydrogens is 603 g/mol. The maximum Gasteiger partial charge on any atom is 0.137 e. The fourth-order valence-corrected chi connectivity index (χ4v) is 9.16. The Morgan fingerprint density at radius 3 is 2.04 bits per heavy atom. The van der Waals surface area contributed by atoms with Crippen LogP contribution in [0.25, 0.3) is 64.4 Å². The van der Waals surface area contributed by atoms with Gasteiger partial charge < -0.3 is 9.32 Å². The number of fused-ring (bicyclic) bond motifs is 9. The van der Waals surface area contributed by atoms with Gasteiger partial charge in [0.05, 0.1) is 5.69 Å². The Bertz CT molecular complexity index is 2730. The number of para-hydroxylation sites is 2. The summed E-state index contributed by atoms with van der Waals surface area (Å²) in [5, 5.41) is 4.87. The molecule has 2 aromatic heterocycles. The molecule has 0 radical (unpaired) electrons. The predicted octanol–water partition coefficient (Wildman–Crippen LogP) is 13.4. The van der Waals surface area contributed by atoms with Crippen molar-refractivity contribution in [3.8, 4) is 22.3 Å². The number of rotatable bonds is 4. The van der Waals surface area contributed by atoms with Crippen molar-refractivity contribution >= 4 is 70.5 Å². The lowest BCUT2D eigenvalue weighted by atomic mass is 9.82. The third-order valence-electron chi connectivity index (χ3n) is 10.3. The quantitative estimate of drug-likeness (QED) is 0.192. The highest BCUT2D eigenvalue weighted by atomic mass is 32.1. The van der Waals surface area contributed by atoms with E-state index in [2.05, 4.69) is 158 Å². The van der Waals surface area contributed by atoms with E-state index in [9.17, 15) is 0 Å². The molecule has 228 valence electrons. The molecule has 1 aliphatic rings. The zero-order valence-corrected chi connectivity index (χ0v) is 27.5. The van der Waals surface area contributed by atoms with Gasteiger partial charge in [0.2, 0.25) is 0 Å². The van der Waals surface area contributed by atoms with Gasteiger partial charge in [-0.2, -0.15) is 0 Å². The molecule has 0 saturated heterocycles. The van der Waals surface area contributed by atoms with E-state index < -0.39 is 0 Å². The van der Waals surface area contributed by atoms with Gasteiger partial charge in [-0.15, -0.1) is 11.3 Å². The van der Waals surface area contributed by atoms with Crippen LogP contribution in [0, 0.1) is 0 Å². The number of thiophene rings is 1. The van der Waals surface area contributed by atoms with Crippen LogP contribution in [0.15, 0.2) is 156 Å². The minimum Gasteiger partial charge on any atom is -0.456 e. The van der Waals surface area contributed by atoms with Crippen LogP contribution in [0.1, 0.15) is 25.0 Å². The fourth-order valence-electron chi connectivity index (χ4n) is 8.02. The first-order valence-corrected chi connectivity index (χ1v) is 17.3. The van der Waals surface area contributed by atoms with Gasteiger partial charge in [-0.05, 0) is 76.3 Å². The lowest BCUT2D eigenvalue weighted by molar-refractivity contribution is 0.660. The number of hydrogen-bond donors (Lipinski definition) is 0. The second-order valence-corrected chi connectivity index (χ2v) is 14.4. The monoisotopic (exact) mass is 633 g/mol. The number of hydrogen-bond acceptors (Lipinski definition) is 3. The summed E-state index contributed by atoms with van der Waals surface area (Å²) in [6.07, 6.45) is 0. The summed E-state index contributed by atoms with van der Waals surface area (Å²) in [5.74, 6) is 0. The van der Waals surface area contributed by atoms with Crippen LogP contribution in [0.3, 0.4) is 0 Å². The molecule has 0 bridgehead atoms. The summed E-state index contributed by atoms with van der Waals surface area (Å²) in [6.45, 7) is 4.68. The van der Waals surface area contributed by atoms with Gasteiger partial charge >= 0.3 is 0 Å². The molecular formula is C45H31NOS. The van der Waals surface area contributed by atoms with E-state index >= 15 is 0 Å². The van der Waals surface area contributed by atoms with Gasteiger partial charge in [-0.3, -0.25) is 0 Å². The molecule has 0 aliphatic heterocycles. The Kier molecular flexibility index (Phi) is 5.82. The minimum atomic E-state index is -0.0595. The standard InChI is InChI=1S/C45H31NOS/c1-45(2)37-17-7-3-12-30(37)36-26-28(23-25-38(36)45)46(29-22-24-33-32-14-5-9-19-40(32)47-41(33)27-29)39-18-8-4-13-31(39)34-16-11-21-43-44(34)35-15-6-10-20-42(35)48-43/h3-27H,1-2H3. The van der Waals surface area contributed by atoms with E-state index in [4.69, 9.17) is 4.42 Å². The molecule has 2 nitrogen and oxygen atoms in total. The minimum absolute atomic E-state index is 0.0595. The van der Waals surface area contributed by atoms with Crippen LogP contribution in [0.4, 0.5) is 17.1 Å². The first-order chi connectivity index (χ1) is 23.6. The molecule has 0 N–H and O–H groups in total. The Balaban J connectivity index is 1.25. The fraction of sp³-hybridized carbons (Fsp3) is 0.0667. The van der Waals surface area contributed by atoms with Crippen molar-refractivity contribution in [3.63, 3.8) is 0 Å². The van der Waals surface area contributed by atoms with Gasteiger partial charge in [0.1, 0.15) is 11.2 Å². The molecule has 0 amide bonds. The average molecular weight is 634 g/mol. The molecule has 1 aliphatic carbocycles. The third-order valence-corrected chi connectivity index (χ3v) is 11.4. The molecule has 9 aromatic rings. The first kappa shape index (κ1) is 27.5. The summed E-state index contributed by atoms with van der Waals surface area (Å²) in [6, 6.07) is 55.2. The Morgan fingerprint density at radius 2 is 1.12 bits per heavy atom. The highest BCUT2D eigenvalue weighted by Crippen LogP contribution is 2.52. The van der Waals surface area contributed by atoms with Gasteiger partial charge in [0.25, 0.3) is 0 Å². The molecule has 2 heterocycles. The first-order valence-electron chi connectivity index (χ1n) is 16.5. The van der Waals surface area contributed by atoms with Crippen molar-refractivity contribution in [2.75, 3.05) is 4.90 Å². The highest BCUT2D eigenvalue weighted by molar-refractivity contribution is 7.25. The van der Waals surface area contributed by atoms with Gasteiger partial charge in [-0.25, -0.2) is 0 Å². The van der Waals surface area contributed by atoms with Crippen molar-refractivity contribution in [1.29, 1.82) is 0 Å². The van der Waals surface area contributed by atoms with Crippen molar-refractivity contribution in [2.45, 2.75) is 19.3 Å². The number of furan rings is 1. The maximum atomic E-state index is 6.45. The molecule has 0 unspecified atom stereocenters. The van der Waals surface area contributed by atoms with E-state index in [-0.39, 0.29) is 5.41 Å². The lowest BCUT2D eigenvalue weighted by Gasteiger charge is -2.29. The van der Waals surface area contributed by atoms with E-state index in [1.165, 1.54) is 53.6 Å². The Labute approximate surface area is 283 Å². The Morgan fingerprint density at radius 1 is 0.479 bits per heavy atom. The molecule has 10 rings (SSSR count). The zero-order valence-electron chi connectivity index (χ0n) is 26.7. The van der Waals surface area contributed by atoms with E-state index in [0.717, 1.165) is 39.0 Å². The van der Waals surface area contributed by atoms with Crippen LogP contribution in [-0.2, 0) is 5.41 Å². The van der Waals surface area contributed by atoms with Gasteiger partial charge in [0.15, 0.2) is 0 Å². The van der Waals surface area contributed by atoms with Crippen LogP contribution in [0.5, 0.6) is 0 Å². The number of nitrogens with zero attached hydrogens (tertiary/aromatic N) is 1. The van der Waals surface area contributed by atoms with Crippen LogP contribution in [0.2, 0.25) is 0 Å². The maximum absolute atomic E-state index is 6.45. The molecule has 7 aromatic carbocycles. The van der Waals surface area contributed by atoms with Crippen LogP contribution in [-0.4, -0.2) is 0 Å². The second kappa shape index (κ2) is 10.2. The molecule has 48 heavy (non-hydrogen) atoms. The van der Waals surface area contributed by atoms with Crippen LogP contribution < -0.4 is 4.90 Å². The summed E-state index contributed by atoms with van der Waals surface area (Å²) in [5.41, 5.74) is 12.8. The van der Waals surface area contributed by atoms with E-state index in [0.29, 0.717) is 0 Å². The summed E-state index contributed by atoms with van der Waals surface area (Å²) in [4.78, 5) is 2.42. The van der Waals surface area contributed by atoms with Crippen LogP contribution >= 0.6 is 11.3 Å². The lowest BCUT2D eigenvalue weighted by Crippen LogP contribution is -2.15. The summed E-state index contributed by atoms with van der Waals surface area (Å²) >= 11 is 1.86. The normalized spacial score (nSPS) is 13.4. The summed E-state index contributed by atoms with van der Waals surface area (Å²) < 4.78 is 9.06. The second-order valence-electron chi connectivity index (χ2n) is 13.3. The molecule has 0 saturated carbocycles. The average Bonchev–Trinajstić information content (AvgIpc) is 3.76.